The van der Waals surface area contributed by atoms with E-state index in [1.807, 2.05) is 60.7 Å². The van der Waals surface area contributed by atoms with Crippen LogP contribution in [0.15, 0.2) is 66.7 Å². The summed E-state index contributed by atoms with van der Waals surface area (Å²) >= 11 is 0. The number of nitrogens with one attached hydrogen (secondary N) is 1. The normalized spacial score (nSPS) is 12.5. The van der Waals surface area contributed by atoms with Gasteiger partial charge in [-0.3, -0.25) is 4.79 Å². The number of rotatable bonds is 4. The van der Waals surface area contributed by atoms with Gasteiger partial charge in [0.1, 0.15) is 5.60 Å². The Kier molecular flexibility index (Phi) is 5.77. The smallest absolute Gasteiger partial charge is 0.408 e. The van der Waals surface area contributed by atoms with Crippen molar-refractivity contribution in [2.75, 3.05) is 5.73 Å². The number of carbonyl (C=O) groups is 2. The van der Waals surface area contributed by atoms with Crippen LogP contribution < -0.4 is 11.1 Å². The number of amides is 1. The van der Waals surface area contributed by atoms with Gasteiger partial charge in [-0.05, 0) is 57.5 Å². The standard InChI is InChI=1S/C27H27N3O3/c1-16(29-26(32)33-27(2,3)4)25(31)20-9-7-11-22-24(20)23(17-12-14-18(28)15-13-17)19-8-5-6-10-21(19)30-22/h5-16H,28H2,1-4H3,(H,29,32). The summed E-state index contributed by atoms with van der Waals surface area (Å²) in [5.41, 5.74) is 9.79. The number of pyridine rings is 1. The van der Waals surface area contributed by atoms with E-state index in [0.29, 0.717) is 16.8 Å². The molecule has 0 saturated carbocycles. The number of hydrogen-bond acceptors (Lipinski definition) is 5. The fourth-order valence-corrected chi connectivity index (χ4v) is 3.88. The van der Waals surface area contributed by atoms with E-state index >= 15 is 0 Å². The van der Waals surface area contributed by atoms with Crippen molar-refractivity contribution < 1.29 is 14.3 Å². The first-order chi connectivity index (χ1) is 15.6. The average Bonchev–Trinajstić information content (AvgIpc) is 2.76. The van der Waals surface area contributed by atoms with E-state index in [9.17, 15) is 9.59 Å². The molecule has 168 valence electrons. The third-order valence-corrected chi connectivity index (χ3v) is 5.30. The monoisotopic (exact) mass is 441 g/mol. The molecule has 3 aromatic carbocycles. The molecule has 0 saturated heterocycles. The van der Waals surface area contributed by atoms with Crippen molar-refractivity contribution in [1.82, 2.24) is 10.3 Å². The van der Waals surface area contributed by atoms with Crippen LogP contribution in [-0.2, 0) is 4.74 Å². The minimum Gasteiger partial charge on any atom is -0.444 e. The highest BCUT2D eigenvalue weighted by Crippen LogP contribution is 2.37. The first-order valence-electron chi connectivity index (χ1n) is 10.8. The van der Waals surface area contributed by atoms with Crippen LogP contribution in [0.3, 0.4) is 0 Å². The van der Waals surface area contributed by atoms with E-state index in [1.54, 1.807) is 33.8 Å². The number of alkyl carbamates (subject to hydrolysis) is 1. The molecule has 1 heterocycles. The zero-order valence-electron chi connectivity index (χ0n) is 19.2. The van der Waals surface area contributed by atoms with Gasteiger partial charge in [0.2, 0.25) is 0 Å². The molecule has 6 heteroatoms. The molecule has 3 N–H and O–H groups in total. The Labute approximate surface area is 192 Å². The van der Waals surface area contributed by atoms with Gasteiger partial charge in [-0.25, -0.2) is 9.78 Å². The van der Waals surface area contributed by atoms with Gasteiger partial charge in [-0.15, -0.1) is 0 Å². The van der Waals surface area contributed by atoms with Crippen molar-refractivity contribution in [2.24, 2.45) is 0 Å². The number of nitrogen functional groups attached to an aromatic ring is 1. The molecule has 0 aliphatic rings. The maximum atomic E-state index is 13.5. The minimum atomic E-state index is -0.781. The topological polar surface area (TPSA) is 94.3 Å². The van der Waals surface area contributed by atoms with Gasteiger partial charge in [-0.2, -0.15) is 0 Å². The quantitative estimate of drug-likeness (QED) is 0.239. The molecule has 0 fully saturated rings. The highest BCUT2D eigenvalue weighted by molar-refractivity contribution is 6.19. The molecular formula is C27H27N3O3. The van der Waals surface area contributed by atoms with Gasteiger partial charge in [-0.1, -0.05) is 42.5 Å². The first kappa shape index (κ1) is 22.3. The number of fused-ring (bicyclic) bond motifs is 2. The van der Waals surface area contributed by atoms with E-state index in [-0.39, 0.29) is 5.78 Å². The van der Waals surface area contributed by atoms with E-state index < -0.39 is 17.7 Å². The van der Waals surface area contributed by atoms with Crippen LogP contribution in [0.5, 0.6) is 0 Å². The highest BCUT2D eigenvalue weighted by atomic mass is 16.6. The lowest BCUT2D eigenvalue weighted by Crippen LogP contribution is -2.41. The maximum absolute atomic E-state index is 13.5. The Hall–Kier alpha value is -3.93. The van der Waals surface area contributed by atoms with E-state index in [2.05, 4.69) is 5.32 Å². The number of anilines is 1. The number of carbonyl (C=O) groups excluding carboxylic acids is 2. The summed E-state index contributed by atoms with van der Waals surface area (Å²) < 4.78 is 5.32. The molecule has 6 nitrogen and oxygen atoms in total. The van der Waals surface area contributed by atoms with Gasteiger partial charge < -0.3 is 15.8 Å². The Morgan fingerprint density at radius 2 is 1.61 bits per heavy atom. The van der Waals surface area contributed by atoms with Crippen LogP contribution in [0, 0.1) is 0 Å². The Balaban J connectivity index is 1.88. The zero-order chi connectivity index (χ0) is 23.8. The number of Topliss-reactive ketones (excluding diaryl/α,β-unsaturated/α-hetero) is 1. The fraction of sp³-hybridized carbons (Fsp3) is 0.222. The lowest BCUT2D eigenvalue weighted by Gasteiger charge is -2.22. The lowest BCUT2D eigenvalue weighted by molar-refractivity contribution is 0.0497. The summed E-state index contributed by atoms with van der Waals surface area (Å²) in [4.78, 5) is 30.6. The second-order valence-electron chi connectivity index (χ2n) is 9.06. The summed E-state index contributed by atoms with van der Waals surface area (Å²) in [7, 11) is 0. The summed E-state index contributed by atoms with van der Waals surface area (Å²) in [5, 5.41) is 4.33. The second-order valence-corrected chi connectivity index (χ2v) is 9.06. The molecular weight excluding hydrogens is 414 g/mol. The van der Waals surface area contributed by atoms with Crippen molar-refractivity contribution >= 4 is 39.4 Å². The van der Waals surface area contributed by atoms with Crippen LogP contribution in [0.4, 0.5) is 10.5 Å². The molecule has 0 bridgehead atoms. The number of nitrogens with two attached hydrogens (primary N) is 1. The molecule has 1 unspecified atom stereocenters. The number of nitrogens with zero attached hydrogens (tertiary/aromatic N) is 1. The van der Waals surface area contributed by atoms with Crippen LogP contribution >= 0.6 is 0 Å². The molecule has 1 amide bonds. The number of benzene rings is 3. The summed E-state index contributed by atoms with van der Waals surface area (Å²) in [6.45, 7) is 6.99. The summed E-state index contributed by atoms with van der Waals surface area (Å²) in [6.07, 6.45) is -0.633. The SMILES string of the molecule is CC(NC(=O)OC(C)(C)C)C(=O)c1cccc2nc3ccccc3c(-c3ccc(N)cc3)c12. The third kappa shape index (κ3) is 4.65. The van der Waals surface area contributed by atoms with Crippen LogP contribution in [0.1, 0.15) is 38.1 Å². The second kappa shape index (κ2) is 8.54. The largest absolute Gasteiger partial charge is 0.444 e. The van der Waals surface area contributed by atoms with Gasteiger partial charge in [0.25, 0.3) is 0 Å². The molecule has 0 aliphatic carbocycles. The number of aromatic nitrogens is 1. The number of ketones is 1. The Morgan fingerprint density at radius 3 is 2.30 bits per heavy atom. The van der Waals surface area contributed by atoms with Crippen molar-refractivity contribution in [3.8, 4) is 11.1 Å². The van der Waals surface area contributed by atoms with Crippen molar-refractivity contribution in [3.63, 3.8) is 0 Å². The van der Waals surface area contributed by atoms with E-state index in [4.69, 9.17) is 15.5 Å². The number of ether oxygens (including phenoxy) is 1. The van der Waals surface area contributed by atoms with Crippen LogP contribution in [-0.4, -0.2) is 28.5 Å². The van der Waals surface area contributed by atoms with Crippen molar-refractivity contribution in [2.45, 2.75) is 39.3 Å². The molecule has 1 atom stereocenters. The maximum Gasteiger partial charge on any atom is 0.408 e. The predicted octanol–water partition coefficient (Wildman–Crippen LogP) is 5.73. The van der Waals surface area contributed by atoms with Crippen LogP contribution in [0.2, 0.25) is 0 Å². The number of para-hydroxylation sites is 1. The molecule has 0 spiro atoms. The first-order valence-corrected chi connectivity index (χ1v) is 10.8. The molecule has 33 heavy (non-hydrogen) atoms. The van der Waals surface area contributed by atoms with Crippen molar-refractivity contribution in [1.29, 1.82) is 0 Å². The van der Waals surface area contributed by atoms with E-state index in [1.165, 1.54) is 0 Å². The Morgan fingerprint density at radius 1 is 0.939 bits per heavy atom. The van der Waals surface area contributed by atoms with Gasteiger partial charge in [0.05, 0.1) is 17.1 Å². The molecule has 1 aromatic heterocycles. The van der Waals surface area contributed by atoms with Crippen molar-refractivity contribution in [3.05, 3.63) is 72.3 Å². The Bertz CT molecular complexity index is 1360. The predicted molar refractivity (Wildman–Crippen MR) is 132 cm³/mol. The summed E-state index contributed by atoms with van der Waals surface area (Å²) in [6, 6.07) is 20.1. The summed E-state index contributed by atoms with van der Waals surface area (Å²) in [5.74, 6) is -0.222. The fourth-order valence-electron chi connectivity index (χ4n) is 3.88. The highest BCUT2D eigenvalue weighted by Gasteiger charge is 2.25. The average molecular weight is 442 g/mol. The lowest BCUT2D eigenvalue weighted by atomic mass is 9.91. The number of hydrogen-bond donors (Lipinski definition) is 2. The van der Waals surface area contributed by atoms with E-state index in [0.717, 1.165) is 27.4 Å². The molecule has 4 aromatic rings. The molecule has 0 aliphatic heterocycles. The van der Waals surface area contributed by atoms with Gasteiger partial charge in [0.15, 0.2) is 5.78 Å². The minimum absolute atomic E-state index is 0.222. The van der Waals surface area contributed by atoms with Crippen LogP contribution in [0.25, 0.3) is 32.9 Å². The zero-order valence-corrected chi connectivity index (χ0v) is 19.2. The van der Waals surface area contributed by atoms with Gasteiger partial charge >= 0.3 is 6.09 Å². The molecule has 0 radical (unpaired) electrons. The third-order valence-electron chi connectivity index (χ3n) is 5.30. The van der Waals surface area contributed by atoms with Gasteiger partial charge in [0, 0.05) is 27.6 Å². The molecule has 4 rings (SSSR count).